The molecule has 0 radical (unpaired) electrons. The molecule has 2 atom stereocenters. The van der Waals surface area contributed by atoms with Crippen LogP contribution in [0, 0.1) is 25.7 Å². The van der Waals surface area contributed by atoms with Gasteiger partial charge in [-0.3, -0.25) is 4.90 Å². The van der Waals surface area contributed by atoms with Crippen molar-refractivity contribution in [2.45, 2.75) is 78.0 Å². The largest absolute Gasteiger partial charge is 0.475 e. The van der Waals surface area contributed by atoms with Crippen molar-refractivity contribution in [1.82, 2.24) is 9.88 Å². The van der Waals surface area contributed by atoms with Crippen molar-refractivity contribution in [3.8, 4) is 18.6 Å². The Morgan fingerprint density at radius 2 is 1.95 bits per heavy atom. The van der Waals surface area contributed by atoms with Crippen LogP contribution in [0.4, 0.5) is 0 Å². The fraction of sp³-hybridized carbons (Fsp3) is 0.469. The Kier molecular flexibility index (Phi) is 8.29. The molecule has 37 heavy (non-hydrogen) atoms. The number of rotatable bonds is 6. The number of carbonyl (C=O) groups excluding carboxylic acids is 1. The normalized spacial score (nSPS) is 19.5. The van der Waals surface area contributed by atoms with Gasteiger partial charge in [0.1, 0.15) is 11.4 Å². The lowest BCUT2D eigenvalue weighted by molar-refractivity contribution is -0.0236. The lowest BCUT2D eigenvalue weighted by atomic mass is 9.87. The first-order chi connectivity index (χ1) is 17.9. The van der Waals surface area contributed by atoms with Gasteiger partial charge in [0.2, 0.25) is 0 Å². The summed E-state index contributed by atoms with van der Waals surface area (Å²) in [6, 6.07) is 14.1. The highest BCUT2D eigenvalue weighted by Crippen LogP contribution is 2.42. The Morgan fingerprint density at radius 3 is 2.68 bits per heavy atom. The first kappa shape index (κ1) is 26.8. The molecule has 0 bridgehead atoms. The average Bonchev–Trinajstić information content (AvgIpc) is 3.13. The summed E-state index contributed by atoms with van der Waals surface area (Å²) in [5.74, 6) is 1.06. The van der Waals surface area contributed by atoms with Crippen LogP contribution in [0.15, 0.2) is 42.5 Å². The molecule has 5 heteroatoms. The van der Waals surface area contributed by atoms with E-state index in [2.05, 4.69) is 35.7 Å². The van der Waals surface area contributed by atoms with E-state index >= 15 is 0 Å². The van der Waals surface area contributed by atoms with Crippen molar-refractivity contribution in [2.75, 3.05) is 13.1 Å². The molecule has 5 nitrogen and oxygen atoms in total. The highest BCUT2D eigenvalue weighted by atomic mass is 16.6. The number of aromatic nitrogens is 1. The quantitative estimate of drug-likeness (QED) is 0.285. The standard InChI is InChI=1S/C30H38N2O3.C2H2.H2/c1-5-6-17-32-18-11-10-12-21-19-23-25(34-28(21)32)16-15-24-27(23)26(20(2)31-24)29(33)35-30(3,4)22-13-8-7-9-14-22;1-2;/h7-9,13-16,21,28,31H,5-6,10-12,17-19H2,1-4H3;1-2H;1H/t21-,28+;;/m0../s1. The van der Waals surface area contributed by atoms with Gasteiger partial charge in [-0.1, -0.05) is 50.1 Å². The Hall–Kier alpha value is -3.23. The van der Waals surface area contributed by atoms with Crippen LogP contribution in [0.1, 0.15) is 81.5 Å². The van der Waals surface area contributed by atoms with Crippen LogP contribution >= 0.6 is 0 Å². The minimum Gasteiger partial charge on any atom is -0.475 e. The molecule has 1 saturated heterocycles. The monoisotopic (exact) mass is 502 g/mol. The van der Waals surface area contributed by atoms with Crippen molar-refractivity contribution < 1.29 is 15.7 Å². The molecule has 0 amide bonds. The minimum atomic E-state index is -0.730. The summed E-state index contributed by atoms with van der Waals surface area (Å²) in [6.45, 7) is 10.3. The second kappa shape index (κ2) is 11.4. The Balaban J connectivity index is 0.00000130. The van der Waals surface area contributed by atoms with Crippen LogP contribution in [-0.4, -0.2) is 35.2 Å². The topological polar surface area (TPSA) is 54.6 Å². The Labute approximate surface area is 223 Å². The first-order valence-corrected chi connectivity index (χ1v) is 13.6. The zero-order valence-electron chi connectivity index (χ0n) is 22.7. The van der Waals surface area contributed by atoms with Gasteiger partial charge in [0.05, 0.1) is 5.56 Å². The molecule has 1 aromatic heterocycles. The molecule has 0 spiro atoms. The van der Waals surface area contributed by atoms with E-state index < -0.39 is 5.60 Å². The molecular formula is C32H42N2O3. The van der Waals surface area contributed by atoms with E-state index in [9.17, 15) is 4.79 Å². The number of hydrogen-bond acceptors (Lipinski definition) is 4. The predicted molar refractivity (Wildman–Crippen MR) is 152 cm³/mol. The van der Waals surface area contributed by atoms with Crippen LogP contribution in [-0.2, 0) is 16.8 Å². The van der Waals surface area contributed by atoms with Gasteiger partial charge >= 0.3 is 5.97 Å². The number of nitrogens with one attached hydrogen (secondary N) is 1. The van der Waals surface area contributed by atoms with Gasteiger partial charge in [-0.05, 0) is 64.2 Å². The number of carbonyl (C=O) groups is 1. The first-order valence-electron chi connectivity index (χ1n) is 13.6. The van der Waals surface area contributed by atoms with Crippen LogP contribution in [0.3, 0.4) is 0 Å². The molecule has 3 aromatic rings. The number of terminal acetylenes is 1. The SMILES string of the molecule is C#C.CCCCN1CCCC[C@H]2Cc3c(ccc4[nH]c(C)c(C(=O)OC(C)(C)c5ccccc5)c34)O[C@H]21.[HH]. The third-order valence-corrected chi connectivity index (χ3v) is 7.78. The van der Waals surface area contributed by atoms with Gasteiger partial charge < -0.3 is 14.5 Å². The molecule has 2 aliphatic rings. The predicted octanol–water partition coefficient (Wildman–Crippen LogP) is 7.23. The summed E-state index contributed by atoms with van der Waals surface area (Å²) in [5.41, 5.74) is 3.85. The maximum Gasteiger partial charge on any atom is 0.341 e. The highest BCUT2D eigenvalue weighted by molar-refractivity contribution is 6.07. The lowest BCUT2D eigenvalue weighted by Gasteiger charge is -2.39. The summed E-state index contributed by atoms with van der Waals surface area (Å²) in [4.78, 5) is 19.6. The Morgan fingerprint density at radius 1 is 1.19 bits per heavy atom. The van der Waals surface area contributed by atoms with Crippen LogP contribution in [0.25, 0.3) is 10.9 Å². The van der Waals surface area contributed by atoms with Gasteiger partial charge in [0, 0.05) is 42.6 Å². The van der Waals surface area contributed by atoms with E-state index in [1.807, 2.05) is 57.2 Å². The van der Waals surface area contributed by atoms with E-state index in [-0.39, 0.29) is 13.6 Å². The van der Waals surface area contributed by atoms with Crippen molar-refractivity contribution in [3.63, 3.8) is 0 Å². The van der Waals surface area contributed by atoms with Crippen molar-refractivity contribution in [3.05, 3.63) is 64.8 Å². The molecule has 2 aliphatic heterocycles. The smallest absolute Gasteiger partial charge is 0.341 e. The number of benzene rings is 2. The fourth-order valence-electron chi connectivity index (χ4n) is 5.88. The van der Waals surface area contributed by atoms with Crippen LogP contribution < -0.4 is 4.74 Å². The maximum absolute atomic E-state index is 13.6. The number of unbranched alkanes of at least 4 members (excludes halogenated alkanes) is 1. The number of H-pyrrole nitrogens is 1. The fourth-order valence-corrected chi connectivity index (χ4v) is 5.88. The average molecular weight is 503 g/mol. The third kappa shape index (κ3) is 5.40. The molecule has 2 aromatic carbocycles. The number of aryl methyl sites for hydroxylation is 1. The number of esters is 1. The summed E-state index contributed by atoms with van der Waals surface area (Å²) >= 11 is 0. The molecule has 1 N–H and O–H groups in total. The van der Waals surface area contributed by atoms with E-state index in [1.54, 1.807) is 0 Å². The van der Waals surface area contributed by atoms with Crippen LogP contribution in [0.5, 0.6) is 5.75 Å². The summed E-state index contributed by atoms with van der Waals surface area (Å²) in [6.07, 6.45) is 15.1. The number of likely N-dealkylation sites (tertiary alicyclic amines) is 1. The van der Waals surface area contributed by atoms with Crippen LogP contribution in [0.2, 0.25) is 0 Å². The van der Waals surface area contributed by atoms with Gasteiger partial charge in [-0.25, -0.2) is 4.79 Å². The molecule has 0 aliphatic carbocycles. The summed E-state index contributed by atoms with van der Waals surface area (Å²) in [7, 11) is 0. The number of hydrogen-bond donors (Lipinski definition) is 1. The van der Waals surface area contributed by atoms with Gasteiger partial charge in [0.15, 0.2) is 6.23 Å². The zero-order valence-corrected chi connectivity index (χ0v) is 22.7. The zero-order chi connectivity index (χ0) is 26.6. The Bertz CT molecular complexity index is 1250. The molecule has 0 saturated carbocycles. The number of aromatic amines is 1. The maximum atomic E-state index is 13.6. The lowest BCUT2D eigenvalue weighted by Crippen LogP contribution is -2.47. The van der Waals surface area contributed by atoms with E-state index in [4.69, 9.17) is 9.47 Å². The third-order valence-electron chi connectivity index (χ3n) is 7.78. The van der Waals surface area contributed by atoms with Crippen molar-refractivity contribution >= 4 is 16.9 Å². The molecular weight excluding hydrogens is 460 g/mol. The van der Waals surface area contributed by atoms with Crippen molar-refractivity contribution in [2.24, 2.45) is 5.92 Å². The van der Waals surface area contributed by atoms with E-state index in [1.165, 1.54) is 25.7 Å². The second-order valence-electron chi connectivity index (χ2n) is 10.7. The second-order valence-corrected chi connectivity index (χ2v) is 10.7. The van der Waals surface area contributed by atoms with Gasteiger partial charge in [-0.15, -0.1) is 12.8 Å². The van der Waals surface area contributed by atoms with E-state index in [0.29, 0.717) is 11.5 Å². The minimum absolute atomic E-state index is 0. The molecule has 0 unspecified atom stereocenters. The molecule has 5 rings (SSSR count). The molecule has 198 valence electrons. The summed E-state index contributed by atoms with van der Waals surface area (Å²) in [5, 5.41) is 0.969. The van der Waals surface area contributed by atoms with Gasteiger partial charge in [-0.2, -0.15) is 0 Å². The van der Waals surface area contributed by atoms with E-state index in [0.717, 1.165) is 59.4 Å². The van der Waals surface area contributed by atoms with Gasteiger partial charge in [0.25, 0.3) is 0 Å². The number of ether oxygens (including phenoxy) is 2. The number of fused-ring (bicyclic) bond motifs is 4. The molecule has 1 fully saturated rings. The molecule has 3 heterocycles. The highest BCUT2D eigenvalue weighted by Gasteiger charge is 2.38. The summed E-state index contributed by atoms with van der Waals surface area (Å²) < 4.78 is 12.8. The van der Waals surface area contributed by atoms with Crippen molar-refractivity contribution in [1.29, 1.82) is 0 Å². The number of nitrogens with zero attached hydrogens (tertiary/aromatic N) is 1.